The Morgan fingerprint density at radius 3 is 2.38 bits per heavy atom. The SMILES string of the molecule is Cn1c(O)c(C(=O)NCC(=O)O)c(=O)n(Cc2ccccc2)c1=O. The Hall–Kier alpha value is -3.36. The van der Waals surface area contributed by atoms with E-state index in [4.69, 9.17) is 5.11 Å². The number of carbonyl (C=O) groups is 2. The fourth-order valence-corrected chi connectivity index (χ4v) is 2.11. The lowest BCUT2D eigenvalue weighted by Gasteiger charge is -2.12. The van der Waals surface area contributed by atoms with Crippen molar-refractivity contribution in [2.24, 2.45) is 7.05 Å². The van der Waals surface area contributed by atoms with E-state index in [2.05, 4.69) is 0 Å². The van der Waals surface area contributed by atoms with E-state index in [1.54, 1.807) is 30.3 Å². The highest BCUT2D eigenvalue weighted by molar-refractivity contribution is 5.97. The molecule has 0 aliphatic rings. The van der Waals surface area contributed by atoms with Gasteiger partial charge in [0.1, 0.15) is 6.54 Å². The molecule has 0 saturated carbocycles. The summed E-state index contributed by atoms with van der Waals surface area (Å²) in [6.45, 7) is -0.814. The van der Waals surface area contributed by atoms with E-state index in [0.717, 1.165) is 9.13 Å². The van der Waals surface area contributed by atoms with Gasteiger partial charge in [0, 0.05) is 7.05 Å². The van der Waals surface area contributed by atoms with Gasteiger partial charge in [-0.05, 0) is 5.56 Å². The smallest absolute Gasteiger partial charge is 0.333 e. The molecule has 0 atom stereocenters. The number of aromatic hydroxyl groups is 1. The van der Waals surface area contributed by atoms with E-state index in [0.29, 0.717) is 5.56 Å². The summed E-state index contributed by atoms with van der Waals surface area (Å²) in [5, 5.41) is 20.5. The molecule has 1 heterocycles. The number of rotatable bonds is 5. The molecule has 0 aliphatic heterocycles. The average Bonchev–Trinajstić information content (AvgIpc) is 2.56. The van der Waals surface area contributed by atoms with Crippen LogP contribution in [0.5, 0.6) is 5.88 Å². The van der Waals surface area contributed by atoms with Crippen LogP contribution in [0.15, 0.2) is 39.9 Å². The van der Waals surface area contributed by atoms with Gasteiger partial charge in [-0.1, -0.05) is 30.3 Å². The Labute approximate surface area is 135 Å². The second-order valence-electron chi connectivity index (χ2n) is 4.99. The summed E-state index contributed by atoms with van der Waals surface area (Å²) in [5.74, 6) is -3.20. The Morgan fingerprint density at radius 2 is 1.79 bits per heavy atom. The predicted molar refractivity (Wildman–Crippen MR) is 83.1 cm³/mol. The molecule has 126 valence electrons. The fourth-order valence-electron chi connectivity index (χ4n) is 2.11. The molecule has 1 aromatic heterocycles. The molecule has 0 unspecified atom stereocenters. The first-order valence-corrected chi connectivity index (χ1v) is 6.89. The molecule has 2 aromatic rings. The van der Waals surface area contributed by atoms with Crippen LogP contribution in [0.1, 0.15) is 15.9 Å². The van der Waals surface area contributed by atoms with Gasteiger partial charge in [-0.2, -0.15) is 0 Å². The van der Waals surface area contributed by atoms with Crippen LogP contribution < -0.4 is 16.6 Å². The van der Waals surface area contributed by atoms with E-state index < -0.39 is 41.1 Å². The van der Waals surface area contributed by atoms with Crippen molar-refractivity contribution in [3.8, 4) is 5.88 Å². The van der Waals surface area contributed by atoms with Crippen molar-refractivity contribution < 1.29 is 19.8 Å². The number of nitrogens with one attached hydrogen (secondary N) is 1. The van der Waals surface area contributed by atoms with E-state index in [1.165, 1.54) is 7.05 Å². The number of carboxylic acid groups (broad SMARTS) is 1. The Balaban J connectivity index is 2.53. The van der Waals surface area contributed by atoms with Crippen LogP contribution in [0.3, 0.4) is 0 Å². The number of hydrogen-bond acceptors (Lipinski definition) is 5. The molecule has 0 bridgehead atoms. The fraction of sp³-hybridized carbons (Fsp3) is 0.200. The number of carboxylic acids is 1. The lowest BCUT2D eigenvalue weighted by molar-refractivity contribution is -0.135. The normalized spacial score (nSPS) is 10.4. The number of nitrogens with zero attached hydrogens (tertiary/aromatic N) is 2. The summed E-state index contributed by atoms with van der Waals surface area (Å²) in [7, 11) is 1.20. The summed E-state index contributed by atoms with van der Waals surface area (Å²) in [6, 6.07) is 8.62. The maximum Gasteiger partial charge on any atom is 0.333 e. The van der Waals surface area contributed by atoms with Crippen molar-refractivity contribution in [2.45, 2.75) is 6.54 Å². The molecule has 0 aliphatic carbocycles. The number of hydrogen-bond donors (Lipinski definition) is 3. The summed E-state index contributed by atoms with van der Waals surface area (Å²) >= 11 is 0. The van der Waals surface area contributed by atoms with Crippen molar-refractivity contribution in [1.82, 2.24) is 14.5 Å². The second-order valence-corrected chi connectivity index (χ2v) is 4.99. The molecule has 1 amide bonds. The molecule has 1 aromatic carbocycles. The molecule has 0 saturated heterocycles. The Kier molecular flexibility index (Phi) is 4.83. The minimum absolute atomic E-state index is 0.0914. The van der Waals surface area contributed by atoms with Crippen molar-refractivity contribution in [3.05, 3.63) is 62.3 Å². The molecule has 2 rings (SSSR count). The molecular formula is C15H15N3O6. The van der Waals surface area contributed by atoms with Gasteiger partial charge >= 0.3 is 11.7 Å². The summed E-state index contributed by atoms with van der Waals surface area (Å²) in [6.07, 6.45) is 0. The monoisotopic (exact) mass is 333 g/mol. The van der Waals surface area contributed by atoms with Gasteiger partial charge in [-0.15, -0.1) is 0 Å². The molecule has 0 fully saturated rings. The highest BCUT2D eigenvalue weighted by Gasteiger charge is 2.23. The lowest BCUT2D eigenvalue weighted by atomic mass is 10.2. The van der Waals surface area contributed by atoms with Crippen LogP contribution in [-0.4, -0.2) is 37.8 Å². The van der Waals surface area contributed by atoms with E-state index in [-0.39, 0.29) is 6.54 Å². The minimum Gasteiger partial charge on any atom is -0.494 e. The molecule has 3 N–H and O–H groups in total. The van der Waals surface area contributed by atoms with Crippen LogP contribution in [0.2, 0.25) is 0 Å². The molecule has 9 heteroatoms. The highest BCUT2D eigenvalue weighted by Crippen LogP contribution is 2.09. The minimum atomic E-state index is -1.31. The van der Waals surface area contributed by atoms with Crippen molar-refractivity contribution in [3.63, 3.8) is 0 Å². The van der Waals surface area contributed by atoms with Gasteiger partial charge in [0.25, 0.3) is 11.5 Å². The van der Waals surface area contributed by atoms with Gasteiger partial charge in [-0.25, -0.2) is 4.79 Å². The third kappa shape index (κ3) is 3.35. The molecule has 9 nitrogen and oxygen atoms in total. The maximum absolute atomic E-state index is 12.4. The van der Waals surface area contributed by atoms with Gasteiger partial charge in [-0.3, -0.25) is 23.5 Å². The van der Waals surface area contributed by atoms with Crippen LogP contribution in [0.4, 0.5) is 0 Å². The first-order valence-electron chi connectivity index (χ1n) is 6.89. The van der Waals surface area contributed by atoms with E-state index in [1.807, 2.05) is 5.32 Å². The third-order valence-corrected chi connectivity index (χ3v) is 3.33. The molecule has 0 radical (unpaired) electrons. The zero-order valence-corrected chi connectivity index (χ0v) is 12.7. The second kappa shape index (κ2) is 6.82. The van der Waals surface area contributed by atoms with Crippen molar-refractivity contribution in [2.75, 3.05) is 6.54 Å². The molecule has 0 spiro atoms. The van der Waals surface area contributed by atoms with Gasteiger partial charge in [0.15, 0.2) is 5.56 Å². The van der Waals surface area contributed by atoms with Gasteiger partial charge < -0.3 is 15.5 Å². The zero-order valence-electron chi connectivity index (χ0n) is 12.7. The van der Waals surface area contributed by atoms with Crippen LogP contribution >= 0.6 is 0 Å². The molecular weight excluding hydrogens is 318 g/mol. The zero-order chi connectivity index (χ0) is 17.9. The van der Waals surface area contributed by atoms with E-state index >= 15 is 0 Å². The van der Waals surface area contributed by atoms with Crippen molar-refractivity contribution >= 4 is 11.9 Å². The first-order chi connectivity index (χ1) is 11.3. The number of carbonyl (C=O) groups excluding carboxylic acids is 1. The van der Waals surface area contributed by atoms with Crippen LogP contribution in [0, 0.1) is 0 Å². The lowest BCUT2D eigenvalue weighted by Crippen LogP contribution is -2.44. The third-order valence-electron chi connectivity index (χ3n) is 3.33. The number of benzene rings is 1. The average molecular weight is 333 g/mol. The number of aromatic nitrogens is 2. The standard InChI is InChI=1S/C15H15N3O6/c1-17-13(22)11(12(21)16-7-10(19)20)14(23)18(15(17)24)8-9-5-3-2-4-6-9/h2-6,22H,7-8H2,1H3,(H,16,21)(H,19,20). The highest BCUT2D eigenvalue weighted by atomic mass is 16.4. The topological polar surface area (TPSA) is 131 Å². The summed E-state index contributed by atoms with van der Waals surface area (Å²) in [5.41, 5.74) is -1.83. The predicted octanol–water partition coefficient (Wildman–Crippen LogP) is -0.885. The van der Waals surface area contributed by atoms with Gasteiger partial charge in [0.05, 0.1) is 6.54 Å². The molecule has 24 heavy (non-hydrogen) atoms. The largest absolute Gasteiger partial charge is 0.494 e. The first kappa shape index (κ1) is 17.0. The Morgan fingerprint density at radius 1 is 1.17 bits per heavy atom. The van der Waals surface area contributed by atoms with Crippen LogP contribution in [-0.2, 0) is 18.4 Å². The summed E-state index contributed by atoms with van der Waals surface area (Å²) < 4.78 is 1.55. The Bertz CT molecular complexity index is 898. The number of aliphatic carboxylic acids is 1. The summed E-state index contributed by atoms with van der Waals surface area (Å²) in [4.78, 5) is 47.1. The van der Waals surface area contributed by atoms with Crippen LogP contribution in [0.25, 0.3) is 0 Å². The van der Waals surface area contributed by atoms with Gasteiger partial charge in [0.2, 0.25) is 5.88 Å². The van der Waals surface area contributed by atoms with Crippen molar-refractivity contribution in [1.29, 1.82) is 0 Å². The van der Waals surface area contributed by atoms with E-state index in [9.17, 15) is 24.3 Å². The number of amides is 1. The quantitative estimate of drug-likeness (QED) is 0.651. The maximum atomic E-state index is 12.4.